The van der Waals surface area contributed by atoms with Crippen molar-refractivity contribution in [2.75, 3.05) is 0 Å². The maximum absolute atomic E-state index is 4.00. The molecule has 1 unspecified atom stereocenters. The van der Waals surface area contributed by atoms with Crippen LogP contribution >= 0.6 is 0 Å². The highest BCUT2D eigenvalue weighted by Gasteiger charge is 2.13. The Morgan fingerprint density at radius 2 is 1.75 bits per heavy atom. The molecule has 0 fully saturated rings. The van der Waals surface area contributed by atoms with Crippen LogP contribution in [0.3, 0.4) is 0 Å². The molecule has 0 nitrogen and oxygen atoms in total. The number of allylic oxidation sites excluding steroid dienone is 1. The third-order valence-electron chi connectivity index (χ3n) is 2.83. The lowest BCUT2D eigenvalue weighted by Crippen LogP contribution is -2.12. The van der Waals surface area contributed by atoms with Crippen LogP contribution in [0.2, 0.25) is 12.1 Å². The van der Waals surface area contributed by atoms with Crippen molar-refractivity contribution in [2.45, 2.75) is 46.8 Å². The summed E-state index contributed by atoms with van der Waals surface area (Å²) in [4.78, 5) is 0. The Bertz CT molecular complexity index is 138. The van der Waals surface area contributed by atoms with E-state index in [1.165, 1.54) is 19.2 Å². The zero-order valence-electron chi connectivity index (χ0n) is 9.35. The van der Waals surface area contributed by atoms with E-state index in [0.717, 1.165) is 11.7 Å². The minimum atomic E-state index is 0.684. The lowest BCUT2D eigenvalue weighted by molar-refractivity contribution is 0.478. The standard InChI is InChI=1S/C11H23B/c1-8(2)11(6)10(5)7-12-9(3)4/h9-12H,1,7H2,2-6H3/t10?,11-/m1/s1. The first-order valence-electron chi connectivity index (χ1n) is 5.10. The fourth-order valence-corrected chi connectivity index (χ4v) is 1.33. The lowest BCUT2D eigenvalue weighted by Gasteiger charge is -2.20. The average Bonchev–Trinajstić information content (AvgIpc) is 1.98. The lowest BCUT2D eigenvalue weighted by atomic mass is 9.59. The van der Waals surface area contributed by atoms with Gasteiger partial charge in [0.05, 0.1) is 0 Å². The summed E-state index contributed by atoms with van der Waals surface area (Å²) in [6.07, 6.45) is 1.34. The first-order chi connectivity index (χ1) is 5.45. The predicted molar refractivity (Wildman–Crippen MR) is 60.2 cm³/mol. The molecule has 0 N–H and O–H groups in total. The van der Waals surface area contributed by atoms with Crippen molar-refractivity contribution in [3.8, 4) is 0 Å². The van der Waals surface area contributed by atoms with E-state index in [4.69, 9.17) is 0 Å². The molecule has 0 radical (unpaired) electrons. The van der Waals surface area contributed by atoms with Gasteiger partial charge in [-0.15, -0.1) is 0 Å². The van der Waals surface area contributed by atoms with Gasteiger partial charge in [-0.25, -0.2) is 0 Å². The molecule has 0 spiro atoms. The highest BCUT2D eigenvalue weighted by molar-refractivity contribution is 6.37. The summed E-state index contributed by atoms with van der Waals surface area (Å²) in [6.45, 7) is 15.3. The van der Waals surface area contributed by atoms with Crippen LogP contribution in [0.15, 0.2) is 12.2 Å². The van der Waals surface area contributed by atoms with Crippen LogP contribution in [0.4, 0.5) is 0 Å². The fourth-order valence-electron chi connectivity index (χ4n) is 1.33. The smallest absolute Gasteiger partial charge is 0.0999 e. The van der Waals surface area contributed by atoms with E-state index < -0.39 is 0 Å². The molecule has 0 bridgehead atoms. The molecule has 0 aliphatic rings. The molecule has 0 aromatic carbocycles. The molecule has 2 atom stereocenters. The van der Waals surface area contributed by atoms with Crippen LogP contribution in [-0.4, -0.2) is 7.28 Å². The van der Waals surface area contributed by atoms with Crippen LogP contribution < -0.4 is 0 Å². The molecule has 12 heavy (non-hydrogen) atoms. The van der Waals surface area contributed by atoms with Crippen molar-refractivity contribution >= 4 is 7.28 Å². The molecular formula is C11H23B. The molecule has 0 aliphatic carbocycles. The van der Waals surface area contributed by atoms with Gasteiger partial charge in [-0.2, -0.15) is 0 Å². The second kappa shape index (κ2) is 5.45. The average molecular weight is 166 g/mol. The van der Waals surface area contributed by atoms with Gasteiger partial charge in [0, 0.05) is 0 Å². The van der Waals surface area contributed by atoms with Crippen molar-refractivity contribution in [2.24, 2.45) is 11.8 Å². The van der Waals surface area contributed by atoms with Gasteiger partial charge in [0.2, 0.25) is 0 Å². The van der Waals surface area contributed by atoms with Crippen molar-refractivity contribution in [1.82, 2.24) is 0 Å². The molecule has 0 aliphatic heterocycles. The van der Waals surface area contributed by atoms with E-state index in [9.17, 15) is 0 Å². The monoisotopic (exact) mass is 166 g/mol. The first-order valence-corrected chi connectivity index (χ1v) is 5.10. The SMILES string of the molecule is C=C(C)[C@@H](C)C(C)CBC(C)C. The Kier molecular flexibility index (Phi) is 5.36. The fraction of sp³-hybridized carbons (Fsp3) is 0.818. The summed E-state index contributed by atoms with van der Waals surface area (Å²) in [5.74, 6) is 2.32. The molecule has 0 amide bonds. The van der Waals surface area contributed by atoms with E-state index >= 15 is 0 Å². The predicted octanol–water partition coefficient (Wildman–Crippen LogP) is 3.52. The summed E-state index contributed by atoms with van der Waals surface area (Å²) in [5.41, 5.74) is 1.33. The summed E-state index contributed by atoms with van der Waals surface area (Å²) in [6, 6.07) is 0. The largest absolute Gasteiger partial charge is 0.123 e. The second-order valence-electron chi connectivity index (χ2n) is 4.58. The third-order valence-corrected chi connectivity index (χ3v) is 2.83. The third kappa shape index (κ3) is 4.64. The molecule has 0 aromatic rings. The van der Waals surface area contributed by atoms with Gasteiger partial charge in [-0.1, -0.05) is 52.0 Å². The van der Waals surface area contributed by atoms with Crippen LogP contribution in [0.1, 0.15) is 34.6 Å². The van der Waals surface area contributed by atoms with Gasteiger partial charge in [0.25, 0.3) is 0 Å². The van der Waals surface area contributed by atoms with Crippen LogP contribution in [0, 0.1) is 11.8 Å². The highest BCUT2D eigenvalue weighted by Crippen LogP contribution is 2.22. The molecule has 0 aromatic heterocycles. The van der Waals surface area contributed by atoms with E-state index in [0.29, 0.717) is 5.92 Å². The van der Waals surface area contributed by atoms with Crippen molar-refractivity contribution in [3.05, 3.63) is 12.2 Å². The summed E-state index contributed by atoms with van der Waals surface area (Å²) < 4.78 is 0. The van der Waals surface area contributed by atoms with Crippen LogP contribution in [0.5, 0.6) is 0 Å². The van der Waals surface area contributed by atoms with Crippen molar-refractivity contribution in [1.29, 1.82) is 0 Å². The van der Waals surface area contributed by atoms with Crippen molar-refractivity contribution in [3.63, 3.8) is 0 Å². The second-order valence-corrected chi connectivity index (χ2v) is 4.58. The van der Waals surface area contributed by atoms with Crippen molar-refractivity contribution < 1.29 is 0 Å². The molecule has 0 heterocycles. The normalized spacial score (nSPS) is 15.8. The van der Waals surface area contributed by atoms with E-state index in [-0.39, 0.29) is 0 Å². The zero-order valence-corrected chi connectivity index (χ0v) is 9.35. The maximum Gasteiger partial charge on any atom is 0.123 e. The number of hydrogen-bond donors (Lipinski definition) is 0. The van der Waals surface area contributed by atoms with Gasteiger partial charge in [0.15, 0.2) is 0 Å². The summed E-state index contributed by atoms with van der Waals surface area (Å²) >= 11 is 0. The van der Waals surface area contributed by atoms with E-state index in [1.807, 2.05) is 0 Å². The molecule has 0 rings (SSSR count). The van der Waals surface area contributed by atoms with E-state index in [2.05, 4.69) is 41.2 Å². The van der Waals surface area contributed by atoms with Gasteiger partial charge >= 0.3 is 0 Å². The number of rotatable bonds is 5. The van der Waals surface area contributed by atoms with Gasteiger partial charge in [0.1, 0.15) is 7.28 Å². The first kappa shape index (κ1) is 11.8. The van der Waals surface area contributed by atoms with E-state index in [1.54, 1.807) is 0 Å². The molecule has 0 saturated heterocycles. The minimum absolute atomic E-state index is 0.684. The molecule has 1 heteroatoms. The Morgan fingerprint density at radius 3 is 2.08 bits per heavy atom. The minimum Gasteiger partial charge on any atom is -0.0999 e. The molecule has 70 valence electrons. The Labute approximate surface area is 78.7 Å². The summed E-state index contributed by atoms with van der Waals surface area (Å²) in [7, 11) is 1.35. The topological polar surface area (TPSA) is 0 Å². The van der Waals surface area contributed by atoms with Crippen LogP contribution in [-0.2, 0) is 0 Å². The highest BCUT2D eigenvalue weighted by atomic mass is 14.1. The Morgan fingerprint density at radius 1 is 1.25 bits per heavy atom. The maximum atomic E-state index is 4.00. The van der Waals surface area contributed by atoms with Gasteiger partial charge < -0.3 is 0 Å². The summed E-state index contributed by atoms with van der Waals surface area (Å²) in [5, 5.41) is 0. The van der Waals surface area contributed by atoms with Crippen LogP contribution in [0.25, 0.3) is 0 Å². The number of hydrogen-bond acceptors (Lipinski definition) is 0. The van der Waals surface area contributed by atoms with Gasteiger partial charge in [-0.05, 0) is 18.8 Å². The van der Waals surface area contributed by atoms with Gasteiger partial charge in [-0.3, -0.25) is 0 Å². The zero-order chi connectivity index (χ0) is 9.72. The molecule has 0 saturated carbocycles. The quantitative estimate of drug-likeness (QED) is 0.433. The molecular weight excluding hydrogens is 143 g/mol. The Hall–Kier alpha value is -0.195. The Balaban J connectivity index is 3.71.